The number of nitriles is 1. The van der Waals surface area contributed by atoms with Crippen molar-refractivity contribution in [3.05, 3.63) is 89.3 Å². The number of nitrogens with one attached hydrogen (secondary N) is 1. The Morgan fingerprint density at radius 1 is 1.09 bits per heavy atom. The second-order valence-corrected chi connectivity index (χ2v) is 8.51. The van der Waals surface area contributed by atoms with E-state index >= 15 is 0 Å². The molecule has 1 N–H and O–H groups in total. The zero-order valence-corrected chi connectivity index (χ0v) is 17.6. The minimum Gasteiger partial charge on any atom is -0.486 e. The number of carbonyl (C=O) groups excluding carboxylic acids is 1. The van der Waals surface area contributed by atoms with Crippen LogP contribution in [0, 0.1) is 11.3 Å². The first-order chi connectivity index (χ1) is 15.6. The molecule has 0 saturated carbocycles. The normalized spacial score (nSPS) is 19.0. The van der Waals surface area contributed by atoms with E-state index in [-0.39, 0.29) is 12.0 Å². The van der Waals surface area contributed by atoms with Gasteiger partial charge in [0.05, 0.1) is 11.1 Å². The third kappa shape index (κ3) is 3.86. The van der Waals surface area contributed by atoms with Crippen LogP contribution < -0.4 is 14.2 Å². The molecule has 8 heteroatoms. The van der Waals surface area contributed by atoms with Gasteiger partial charge in [0.25, 0.3) is 5.91 Å². The van der Waals surface area contributed by atoms with Gasteiger partial charge in [-0.05, 0) is 54.3 Å². The Kier molecular flexibility index (Phi) is 5.17. The number of benzene rings is 2. The van der Waals surface area contributed by atoms with Crippen molar-refractivity contribution in [2.24, 2.45) is 0 Å². The highest BCUT2D eigenvalue weighted by Crippen LogP contribution is 2.41. The number of fused-ring (bicyclic) bond motifs is 1. The molecule has 2 aromatic carbocycles. The van der Waals surface area contributed by atoms with Crippen LogP contribution in [0.25, 0.3) is 4.91 Å². The van der Waals surface area contributed by atoms with E-state index in [9.17, 15) is 9.00 Å². The fourth-order valence-corrected chi connectivity index (χ4v) is 4.75. The van der Waals surface area contributed by atoms with Gasteiger partial charge >= 0.3 is 0 Å². The summed E-state index contributed by atoms with van der Waals surface area (Å²) in [5.41, 5.74) is 3.22. The summed E-state index contributed by atoms with van der Waals surface area (Å²) in [4.78, 5) is 15.9. The molecular weight excluding hydrogens is 426 g/mol. The highest BCUT2D eigenvalue weighted by Gasteiger charge is 2.27. The van der Waals surface area contributed by atoms with Gasteiger partial charge in [-0.1, -0.05) is 24.3 Å². The van der Waals surface area contributed by atoms with E-state index in [0.29, 0.717) is 27.7 Å². The molecule has 3 aromatic rings. The molecular formula is C24H17N3O4S. The molecule has 1 unspecified atom stereocenters. The number of pyridine rings is 1. The van der Waals surface area contributed by atoms with E-state index in [1.807, 2.05) is 36.4 Å². The van der Waals surface area contributed by atoms with Gasteiger partial charge in [-0.2, -0.15) is 5.26 Å². The minimum atomic E-state index is -1.52. The van der Waals surface area contributed by atoms with Crippen LogP contribution in [0.5, 0.6) is 17.2 Å². The molecule has 0 fully saturated rings. The molecule has 2 heterocycles. The van der Waals surface area contributed by atoms with Crippen molar-refractivity contribution in [1.82, 2.24) is 9.71 Å². The van der Waals surface area contributed by atoms with Crippen molar-refractivity contribution < 1.29 is 18.5 Å². The molecule has 1 amide bonds. The Morgan fingerprint density at radius 3 is 2.59 bits per heavy atom. The Morgan fingerprint density at radius 2 is 1.91 bits per heavy atom. The van der Waals surface area contributed by atoms with Crippen LogP contribution in [0.2, 0.25) is 0 Å². The second kappa shape index (κ2) is 8.29. The molecule has 1 aliphatic carbocycles. The molecule has 7 nitrogen and oxygen atoms in total. The topological polar surface area (TPSA) is 101 Å². The van der Waals surface area contributed by atoms with E-state index in [1.54, 1.807) is 30.5 Å². The number of hydrogen-bond donors (Lipinski definition) is 1. The zero-order valence-electron chi connectivity index (χ0n) is 16.8. The molecule has 2 atom stereocenters. The molecule has 0 spiro atoms. The number of amides is 1. The van der Waals surface area contributed by atoms with E-state index in [2.05, 4.69) is 9.71 Å². The number of aromatic nitrogens is 1. The molecule has 0 bridgehead atoms. The van der Waals surface area contributed by atoms with E-state index in [1.165, 1.54) is 6.08 Å². The lowest BCUT2D eigenvalue weighted by Crippen LogP contribution is -2.16. The van der Waals surface area contributed by atoms with Crippen molar-refractivity contribution >= 4 is 21.8 Å². The highest BCUT2D eigenvalue weighted by atomic mass is 32.2. The van der Waals surface area contributed by atoms with E-state index in [4.69, 9.17) is 14.7 Å². The maximum Gasteiger partial charge on any atom is 0.257 e. The van der Waals surface area contributed by atoms with Gasteiger partial charge in [-0.25, -0.2) is 9.19 Å². The van der Waals surface area contributed by atoms with Crippen LogP contribution in [0.1, 0.15) is 34.9 Å². The number of rotatable bonds is 5. The summed E-state index contributed by atoms with van der Waals surface area (Å²) in [6, 6.07) is 18.5. The predicted octanol–water partition coefficient (Wildman–Crippen LogP) is 3.95. The van der Waals surface area contributed by atoms with Gasteiger partial charge < -0.3 is 9.47 Å². The summed E-state index contributed by atoms with van der Waals surface area (Å²) in [5.74, 6) is 1.67. The highest BCUT2D eigenvalue weighted by molar-refractivity contribution is 7.93. The molecule has 1 aromatic heterocycles. The van der Waals surface area contributed by atoms with Crippen molar-refractivity contribution in [2.75, 3.05) is 0 Å². The van der Waals surface area contributed by atoms with Gasteiger partial charge in [0.2, 0.25) is 0 Å². The SMILES string of the molecule is N#Cc1ccc(Oc2cccc3c2CC[C@H]3Oc2ccc(C3=CC(=O)NS3=O)cc2)cn1. The molecule has 0 radical (unpaired) electrons. The van der Waals surface area contributed by atoms with Crippen molar-refractivity contribution in [2.45, 2.75) is 18.9 Å². The largest absolute Gasteiger partial charge is 0.486 e. The molecule has 158 valence electrons. The molecule has 2 aliphatic rings. The smallest absolute Gasteiger partial charge is 0.257 e. The lowest BCUT2D eigenvalue weighted by Gasteiger charge is -2.16. The first-order valence-electron chi connectivity index (χ1n) is 9.98. The van der Waals surface area contributed by atoms with Crippen LogP contribution in [0.15, 0.2) is 66.9 Å². The Balaban J connectivity index is 1.32. The van der Waals surface area contributed by atoms with Crippen LogP contribution in [0.4, 0.5) is 0 Å². The summed E-state index contributed by atoms with van der Waals surface area (Å²) in [6.07, 6.45) is 4.41. The van der Waals surface area contributed by atoms with Crippen molar-refractivity contribution in [3.8, 4) is 23.3 Å². The number of hydrogen-bond acceptors (Lipinski definition) is 6. The quantitative estimate of drug-likeness (QED) is 0.641. The van der Waals surface area contributed by atoms with Gasteiger partial charge in [-0.3, -0.25) is 9.52 Å². The van der Waals surface area contributed by atoms with E-state index in [0.717, 1.165) is 29.7 Å². The Labute approximate surface area is 186 Å². The molecule has 32 heavy (non-hydrogen) atoms. The predicted molar refractivity (Wildman–Crippen MR) is 118 cm³/mol. The molecule has 1 aliphatic heterocycles. The standard InChI is InChI=1S/C24H17N3O4S/c25-13-16-6-9-18(14-26-16)31-21-3-1-2-19-20(21)10-11-22(19)30-17-7-4-15(5-8-17)23-12-24(28)27-32(23)29/h1-9,12,14,22H,10-11H2,(H,27,28)/t22-,32?/m1/s1. The van der Waals surface area contributed by atoms with Crippen LogP contribution in [-0.4, -0.2) is 15.1 Å². The first kappa shape index (κ1) is 20.0. The van der Waals surface area contributed by atoms with Gasteiger partial charge in [0.15, 0.2) is 11.0 Å². The van der Waals surface area contributed by atoms with Crippen molar-refractivity contribution in [1.29, 1.82) is 5.26 Å². The summed E-state index contributed by atoms with van der Waals surface area (Å²) in [7, 11) is -1.52. The fourth-order valence-electron chi connectivity index (χ4n) is 3.84. The number of carbonyl (C=O) groups is 1. The van der Waals surface area contributed by atoms with Gasteiger partial charge in [-0.15, -0.1) is 0 Å². The maximum atomic E-state index is 11.9. The first-order valence-corrected chi connectivity index (χ1v) is 11.1. The molecule has 5 rings (SSSR count). The summed E-state index contributed by atoms with van der Waals surface area (Å²) in [5, 5.41) is 8.89. The average molecular weight is 443 g/mol. The number of nitrogens with zero attached hydrogens (tertiary/aromatic N) is 2. The van der Waals surface area contributed by atoms with Crippen molar-refractivity contribution in [3.63, 3.8) is 0 Å². The average Bonchev–Trinajstić information content (AvgIpc) is 3.38. The lowest BCUT2D eigenvalue weighted by atomic mass is 10.1. The van der Waals surface area contributed by atoms with Gasteiger partial charge in [0, 0.05) is 11.6 Å². The van der Waals surface area contributed by atoms with Crippen LogP contribution >= 0.6 is 0 Å². The zero-order chi connectivity index (χ0) is 22.1. The Hall–Kier alpha value is -3.96. The monoisotopic (exact) mass is 443 g/mol. The molecule has 0 saturated heterocycles. The Bertz CT molecular complexity index is 1290. The summed E-state index contributed by atoms with van der Waals surface area (Å²) in [6.45, 7) is 0. The van der Waals surface area contributed by atoms with Crippen LogP contribution in [-0.2, 0) is 22.2 Å². The maximum absolute atomic E-state index is 11.9. The summed E-state index contributed by atoms with van der Waals surface area (Å²) < 4.78 is 26.5. The minimum absolute atomic E-state index is 0.110. The van der Waals surface area contributed by atoms with Crippen LogP contribution in [0.3, 0.4) is 0 Å². The fraction of sp³-hybridized carbons (Fsp3) is 0.125. The van der Waals surface area contributed by atoms with E-state index < -0.39 is 11.0 Å². The number of ether oxygens (including phenoxy) is 2. The lowest BCUT2D eigenvalue weighted by molar-refractivity contribution is -0.114. The third-order valence-electron chi connectivity index (χ3n) is 5.32. The summed E-state index contributed by atoms with van der Waals surface area (Å²) >= 11 is 0. The third-order valence-corrected chi connectivity index (χ3v) is 6.46. The van der Waals surface area contributed by atoms with Gasteiger partial charge in [0.1, 0.15) is 35.1 Å². The second-order valence-electron chi connectivity index (χ2n) is 7.33.